The van der Waals surface area contributed by atoms with Crippen molar-refractivity contribution in [2.75, 3.05) is 24.8 Å². The third kappa shape index (κ3) is 4.98. The number of carbonyl (C=O) groups excluding carboxylic acids is 2. The smallest absolute Gasteiger partial charge is 0.338 e. The number of anilines is 1. The fourth-order valence-electron chi connectivity index (χ4n) is 3.10. The van der Waals surface area contributed by atoms with Crippen LogP contribution in [0, 0.1) is 12.3 Å². The molecule has 2 aromatic rings. The molecule has 1 amide bonds. The van der Waals surface area contributed by atoms with Gasteiger partial charge in [-0.05, 0) is 68.8 Å². The highest BCUT2D eigenvalue weighted by Gasteiger charge is 2.29. The number of benzene rings is 2. The lowest BCUT2D eigenvalue weighted by molar-refractivity contribution is -0.114. The topological polar surface area (TPSA) is 77.4 Å². The number of rotatable bonds is 8. The maximum Gasteiger partial charge on any atom is 0.338 e. The molecule has 0 fully saturated rings. The van der Waals surface area contributed by atoms with Crippen molar-refractivity contribution in [3.8, 4) is 23.8 Å². The lowest BCUT2D eigenvalue weighted by Crippen LogP contribution is -2.21. The highest BCUT2D eigenvalue weighted by Crippen LogP contribution is 2.31. The Hall–Kier alpha value is -4.05. The van der Waals surface area contributed by atoms with Gasteiger partial charge in [0, 0.05) is 0 Å². The van der Waals surface area contributed by atoms with E-state index in [0.29, 0.717) is 47.2 Å². The van der Waals surface area contributed by atoms with Gasteiger partial charge < -0.3 is 14.2 Å². The van der Waals surface area contributed by atoms with E-state index in [1.54, 1.807) is 56.3 Å². The molecule has 7 heteroatoms. The van der Waals surface area contributed by atoms with Crippen molar-refractivity contribution in [2.24, 2.45) is 5.10 Å². The van der Waals surface area contributed by atoms with Gasteiger partial charge in [-0.15, -0.1) is 6.42 Å². The molecule has 7 nitrogen and oxygen atoms in total. The SMILES string of the molecule is C#CCOc1ccc(/C=C2/C(=O)N(c3ccc(C(=O)OCC)cc3)N=C2C)cc1OCC. The van der Waals surface area contributed by atoms with E-state index in [9.17, 15) is 9.59 Å². The number of amides is 1. The Morgan fingerprint density at radius 2 is 1.84 bits per heavy atom. The molecule has 0 aliphatic carbocycles. The summed E-state index contributed by atoms with van der Waals surface area (Å²) in [5, 5.41) is 5.69. The first-order chi connectivity index (χ1) is 15.5. The first-order valence-electron chi connectivity index (χ1n) is 10.2. The maximum absolute atomic E-state index is 13.0. The van der Waals surface area contributed by atoms with Crippen molar-refractivity contribution in [2.45, 2.75) is 20.8 Å². The van der Waals surface area contributed by atoms with Crippen LogP contribution in [0.15, 0.2) is 53.1 Å². The van der Waals surface area contributed by atoms with Crippen LogP contribution in [-0.2, 0) is 9.53 Å². The number of ether oxygens (including phenoxy) is 3. The zero-order valence-corrected chi connectivity index (χ0v) is 18.3. The predicted molar refractivity (Wildman–Crippen MR) is 123 cm³/mol. The molecule has 0 N–H and O–H groups in total. The molecule has 32 heavy (non-hydrogen) atoms. The Balaban J connectivity index is 1.84. The summed E-state index contributed by atoms with van der Waals surface area (Å²) in [4.78, 5) is 24.9. The highest BCUT2D eigenvalue weighted by atomic mass is 16.5. The lowest BCUT2D eigenvalue weighted by atomic mass is 10.1. The molecular formula is C25H24N2O5. The van der Waals surface area contributed by atoms with Crippen LogP contribution in [0.4, 0.5) is 5.69 Å². The van der Waals surface area contributed by atoms with Gasteiger partial charge in [-0.2, -0.15) is 10.1 Å². The minimum atomic E-state index is -0.410. The largest absolute Gasteiger partial charge is 0.490 e. The summed E-state index contributed by atoms with van der Waals surface area (Å²) >= 11 is 0. The fraction of sp³-hybridized carbons (Fsp3) is 0.240. The summed E-state index contributed by atoms with van der Waals surface area (Å²) < 4.78 is 16.1. The molecule has 1 heterocycles. The summed E-state index contributed by atoms with van der Waals surface area (Å²) in [6, 6.07) is 11.9. The third-order valence-electron chi connectivity index (χ3n) is 4.58. The van der Waals surface area contributed by atoms with Gasteiger partial charge in [0.25, 0.3) is 5.91 Å². The van der Waals surface area contributed by atoms with Crippen molar-refractivity contribution in [1.29, 1.82) is 0 Å². The molecule has 0 saturated heterocycles. The number of hydrogen-bond donors (Lipinski definition) is 0. The standard InChI is InChI=1S/C25H24N2O5/c1-5-14-32-22-13-8-18(16-23(22)30-6-2)15-21-17(4)26-27(24(21)28)20-11-9-19(10-12-20)25(29)31-7-3/h1,8-13,15-16H,6-7,14H2,2-4H3/b21-15+. The normalized spacial score (nSPS) is 14.2. The van der Waals surface area contributed by atoms with Crippen LogP contribution in [0.1, 0.15) is 36.7 Å². The molecular weight excluding hydrogens is 408 g/mol. The summed E-state index contributed by atoms with van der Waals surface area (Å²) in [6.45, 7) is 6.28. The van der Waals surface area contributed by atoms with Gasteiger partial charge in [0.15, 0.2) is 11.5 Å². The first-order valence-corrected chi connectivity index (χ1v) is 10.2. The van der Waals surface area contributed by atoms with Crippen molar-refractivity contribution in [3.05, 3.63) is 59.2 Å². The monoisotopic (exact) mass is 432 g/mol. The van der Waals surface area contributed by atoms with Gasteiger partial charge >= 0.3 is 5.97 Å². The summed E-state index contributed by atoms with van der Waals surface area (Å²) in [6.07, 6.45) is 7.02. The molecule has 3 rings (SSSR count). The zero-order chi connectivity index (χ0) is 23.1. The molecule has 0 bridgehead atoms. The molecule has 0 saturated carbocycles. The Morgan fingerprint density at radius 3 is 2.50 bits per heavy atom. The Labute approximate surface area is 187 Å². The highest BCUT2D eigenvalue weighted by molar-refractivity contribution is 6.32. The molecule has 1 aliphatic heterocycles. The van der Waals surface area contributed by atoms with Gasteiger partial charge in [0.2, 0.25) is 0 Å². The summed E-state index contributed by atoms with van der Waals surface area (Å²) in [5.41, 5.74) is 2.77. The molecule has 2 aromatic carbocycles. The second-order valence-electron chi connectivity index (χ2n) is 6.76. The first kappa shape index (κ1) is 22.6. The Morgan fingerprint density at radius 1 is 1.09 bits per heavy atom. The van der Waals surface area contributed by atoms with Crippen LogP contribution in [0.3, 0.4) is 0 Å². The van der Waals surface area contributed by atoms with Crippen LogP contribution in [0.2, 0.25) is 0 Å². The van der Waals surface area contributed by atoms with E-state index < -0.39 is 5.97 Å². The minimum Gasteiger partial charge on any atom is -0.490 e. The van der Waals surface area contributed by atoms with Crippen LogP contribution in [0.25, 0.3) is 6.08 Å². The van der Waals surface area contributed by atoms with Gasteiger partial charge in [-0.3, -0.25) is 4.79 Å². The molecule has 0 radical (unpaired) electrons. The number of hydrogen-bond acceptors (Lipinski definition) is 6. The lowest BCUT2D eigenvalue weighted by Gasteiger charge is -2.13. The van der Waals surface area contributed by atoms with Crippen LogP contribution < -0.4 is 14.5 Å². The second-order valence-corrected chi connectivity index (χ2v) is 6.76. The second kappa shape index (κ2) is 10.3. The van der Waals surface area contributed by atoms with Crippen molar-refractivity contribution < 1.29 is 23.8 Å². The number of nitrogens with zero attached hydrogens (tertiary/aromatic N) is 2. The Kier molecular flexibility index (Phi) is 7.29. The van der Waals surface area contributed by atoms with E-state index in [-0.39, 0.29) is 12.5 Å². The minimum absolute atomic E-state index is 0.134. The van der Waals surface area contributed by atoms with Crippen molar-refractivity contribution >= 4 is 29.4 Å². The van der Waals surface area contributed by atoms with Gasteiger partial charge in [-0.1, -0.05) is 12.0 Å². The molecule has 1 aliphatic rings. The zero-order valence-electron chi connectivity index (χ0n) is 18.3. The van der Waals surface area contributed by atoms with E-state index in [2.05, 4.69) is 11.0 Å². The quantitative estimate of drug-likeness (QED) is 0.357. The van der Waals surface area contributed by atoms with Crippen molar-refractivity contribution in [3.63, 3.8) is 0 Å². The van der Waals surface area contributed by atoms with E-state index >= 15 is 0 Å². The number of esters is 1. The average molecular weight is 432 g/mol. The fourth-order valence-corrected chi connectivity index (χ4v) is 3.10. The Bertz CT molecular complexity index is 1110. The third-order valence-corrected chi connectivity index (χ3v) is 4.58. The van der Waals surface area contributed by atoms with Gasteiger partial charge in [0.05, 0.1) is 35.7 Å². The predicted octanol–water partition coefficient (Wildman–Crippen LogP) is 4.08. The number of hydrazone groups is 1. The molecule has 164 valence electrons. The van der Waals surface area contributed by atoms with E-state index in [1.807, 2.05) is 13.0 Å². The van der Waals surface area contributed by atoms with E-state index in [1.165, 1.54) is 5.01 Å². The average Bonchev–Trinajstić information content (AvgIpc) is 3.07. The number of carbonyl (C=O) groups is 2. The van der Waals surface area contributed by atoms with Crippen LogP contribution >= 0.6 is 0 Å². The van der Waals surface area contributed by atoms with Gasteiger partial charge in [0.1, 0.15) is 6.61 Å². The molecule has 0 spiro atoms. The number of terminal acetylenes is 1. The van der Waals surface area contributed by atoms with Crippen LogP contribution in [0.5, 0.6) is 11.5 Å². The van der Waals surface area contributed by atoms with E-state index in [4.69, 9.17) is 20.6 Å². The summed E-state index contributed by atoms with van der Waals surface area (Å²) in [7, 11) is 0. The molecule has 0 atom stereocenters. The molecule has 0 unspecified atom stereocenters. The molecule has 0 aromatic heterocycles. The van der Waals surface area contributed by atoms with Gasteiger partial charge in [-0.25, -0.2) is 4.79 Å². The summed E-state index contributed by atoms with van der Waals surface area (Å²) in [5.74, 6) is 2.83. The van der Waals surface area contributed by atoms with E-state index in [0.717, 1.165) is 5.56 Å². The van der Waals surface area contributed by atoms with Crippen LogP contribution in [-0.4, -0.2) is 37.4 Å². The van der Waals surface area contributed by atoms with Crippen molar-refractivity contribution in [1.82, 2.24) is 0 Å². The maximum atomic E-state index is 13.0.